The highest BCUT2D eigenvalue weighted by Gasteiger charge is 2.14. The molecule has 0 radical (unpaired) electrons. The molecule has 82 valence electrons. The van der Waals surface area contributed by atoms with Crippen molar-refractivity contribution >= 4 is 5.57 Å². The minimum absolute atomic E-state index is 0.183. The molecular weight excluding hydrogens is 184 g/mol. The summed E-state index contributed by atoms with van der Waals surface area (Å²) in [5, 5.41) is 10.1. The molecule has 1 heteroatoms. The van der Waals surface area contributed by atoms with Gasteiger partial charge in [0, 0.05) is 5.92 Å². The normalized spacial score (nSPS) is 13.2. The van der Waals surface area contributed by atoms with Gasteiger partial charge < -0.3 is 5.11 Å². The second-order valence-corrected chi connectivity index (χ2v) is 4.47. The number of aliphatic hydroxyl groups excluding tert-OH is 1. The molecular formula is C14H20O. The molecule has 15 heavy (non-hydrogen) atoms. The van der Waals surface area contributed by atoms with E-state index in [9.17, 15) is 5.11 Å². The maximum Gasteiger partial charge on any atom is 0.0988 e. The zero-order valence-electron chi connectivity index (χ0n) is 9.99. The molecule has 0 aromatic heterocycles. The second-order valence-electron chi connectivity index (χ2n) is 4.47. The van der Waals surface area contributed by atoms with Crippen LogP contribution in [-0.4, -0.2) is 5.11 Å². The SMILES string of the molecule is CC(C)/C(O)=C(/c1ccccc1)C(C)C. The van der Waals surface area contributed by atoms with E-state index in [4.69, 9.17) is 0 Å². The lowest BCUT2D eigenvalue weighted by atomic mass is 9.91. The van der Waals surface area contributed by atoms with Crippen LogP contribution in [0, 0.1) is 11.8 Å². The molecule has 0 saturated carbocycles. The van der Waals surface area contributed by atoms with Crippen LogP contribution in [0.4, 0.5) is 0 Å². The van der Waals surface area contributed by atoms with Gasteiger partial charge in [-0.15, -0.1) is 0 Å². The molecule has 1 aromatic rings. The van der Waals surface area contributed by atoms with Crippen molar-refractivity contribution in [2.75, 3.05) is 0 Å². The third-order valence-electron chi connectivity index (χ3n) is 2.48. The van der Waals surface area contributed by atoms with Gasteiger partial charge >= 0.3 is 0 Å². The summed E-state index contributed by atoms with van der Waals surface area (Å²) in [6, 6.07) is 10.1. The van der Waals surface area contributed by atoms with Gasteiger partial charge in [0.1, 0.15) is 0 Å². The van der Waals surface area contributed by atoms with Crippen molar-refractivity contribution in [1.29, 1.82) is 0 Å². The highest BCUT2D eigenvalue weighted by molar-refractivity contribution is 5.68. The van der Waals surface area contributed by atoms with E-state index in [2.05, 4.69) is 13.8 Å². The van der Waals surface area contributed by atoms with E-state index < -0.39 is 0 Å². The number of hydrogen-bond donors (Lipinski definition) is 1. The maximum atomic E-state index is 10.1. The molecule has 0 unspecified atom stereocenters. The first kappa shape index (κ1) is 11.8. The van der Waals surface area contributed by atoms with Crippen LogP contribution in [0.3, 0.4) is 0 Å². The van der Waals surface area contributed by atoms with Crippen LogP contribution in [0.5, 0.6) is 0 Å². The van der Waals surface area contributed by atoms with Gasteiger partial charge in [0.2, 0.25) is 0 Å². The zero-order chi connectivity index (χ0) is 11.4. The minimum atomic E-state index is 0.183. The number of aliphatic hydroxyl groups is 1. The Labute approximate surface area is 92.5 Å². The number of allylic oxidation sites excluding steroid dienone is 2. The van der Waals surface area contributed by atoms with Gasteiger partial charge in [-0.2, -0.15) is 0 Å². The molecule has 0 aliphatic rings. The van der Waals surface area contributed by atoms with Crippen molar-refractivity contribution in [1.82, 2.24) is 0 Å². The van der Waals surface area contributed by atoms with Crippen LogP contribution >= 0.6 is 0 Å². The average molecular weight is 204 g/mol. The standard InChI is InChI=1S/C14H20O/c1-10(2)13(14(15)11(3)4)12-8-6-5-7-9-12/h5-11,15H,1-4H3/b14-13-. The molecule has 0 atom stereocenters. The molecule has 0 bridgehead atoms. The summed E-state index contributed by atoms with van der Waals surface area (Å²) in [5.74, 6) is 1.04. The molecule has 0 spiro atoms. The zero-order valence-corrected chi connectivity index (χ0v) is 9.99. The van der Waals surface area contributed by atoms with Crippen molar-refractivity contribution in [2.24, 2.45) is 11.8 Å². The topological polar surface area (TPSA) is 20.2 Å². The predicted octanol–water partition coefficient (Wildman–Crippen LogP) is 4.27. The Bertz CT molecular complexity index is 334. The van der Waals surface area contributed by atoms with Crippen molar-refractivity contribution in [3.63, 3.8) is 0 Å². The molecule has 0 heterocycles. The van der Waals surface area contributed by atoms with Crippen molar-refractivity contribution in [3.8, 4) is 0 Å². The molecule has 1 N–H and O–H groups in total. The lowest BCUT2D eigenvalue weighted by Crippen LogP contribution is -2.03. The third kappa shape index (κ3) is 2.85. The van der Waals surface area contributed by atoms with Crippen LogP contribution < -0.4 is 0 Å². The fraction of sp³-hybridized carbons (Fsp3) is 0.429. The van der Waals surface area contributed by atoms with Crippen molar-refractivity contribution < 1.29 is 5.11 Å². The Morgan fingerprint density at radius 3 is 1.87 bits per heavy atom. The van der Waals surface area contributed by atoms with Crippen molar-refractivity contribution in [3.05, 3.63) is 41.7 Å². The summed E-state index contributed by atoms with van der Waals surface area (Å²) in [6.07, 6.45) is 0. The molecule has 1 aromatic carbocycles. The van der Waals surface area contributed by atoms with E-state index in [1.54, 1.807) is 0 Å². The molecule has 1 nitrogen and oxygen atoms in total. The highest BCUT2D eigenvalue weighted by atomic mass is 16.3. The van der Waals surface area contributed by atoms with E-state index in [1.165, 1.54) is 0 Å². The Morgan fingerprint density at radius 2 is 1.47 bits per heavy atom. The summed E-state index contributed by atoms with van der Waals surface area (Å²) in [5.41, 5.74) is 2.18. The largest absolute Gasteiger partial charge is 0.512 e. The lowest BCUT2D eigenvalue weighted by Gasteiger charge is -2.17. The van der Waals surface area contributed by atoms with Crippen LogP contribution in [0.15, 0.2) is 36.1 Å². The number of benzene rings is 1. The second kappa shape index (κ2) is 5.01. The van der Waals surface area contributed by atoms with Crippen LogP contribution in [0.1, 0.15) is 33.3 Å². The Morgan fingerprint density at radius 1 is 0.933 bits per heavy atom. The molecule has 0 fully saturated rings. The van der Waals surface area contributed by atoms with Crippen LogP contribution in [-0.2, 0) is 0 Å². The third-order valence-corrected chi connectivity index (χ3v) is 2.48. The van der Waals surface area contributed by atoms with Gasteiger partial charge in [0.05, 0.1) is 5.76 Å². The number of hydrogen-bond acceptors (Lipinski definition) is 1. The molecule has 1 rings (SSSR count). The Kier molecular flexibility index (Phi) is 3.96. The fourth-order valence-corrected chi connectivity index (χ4v) is 1.71. The summed E-state index contributed by atoms with van der Waals surface area (Å²) >= 11 is 0. The van der Waals surface area contributed by atoms with Gasteiger partial charge in [-0.1, -0.05) is 58.0 Å². The molecule has 0 amide bonds. The van der Waals surface area contributed by atoms with Gasteiger partial charge in [-0.25, -0.2) is 0 Å². The van der Waals surface area contributed by atoms with Gasteiger partial charge in [0.15, 0.2) is 0 Å². The summed E-state index contributed by atoms with van der Waals surface area (Å²) < 4.78 is 0. The lowest BCUT2D eigenvalue weighted by molar-refractivity contribution is 0.351. The first-order chi connectivity index (χ1) is 7.04. The summed E-state index contributed by atoms with van der Waals surface area (Å²) in [7, 11) is 0. The predicted molar refractivity (Wildman–Crippen MR) is 65.7 cm³/mol. The average Bonchev–Trinajstić information content (AvgIpc) is 2.18. The first-order valence-corrected chi connectivity index (χ1v) is 5.52. The quantitative estimate of drug-likeness (QED) is 0.729. The van der Waals surface area contributed by atoms with Crippen molar-refractivity contribution in [2.45, 2.75) is 27.7 Å². The van der Waals surface area contributed by atoms with Gasteiger partial charge in [-0.3, -0.25) is 0 Å². The van der Waals surface area contributed by atoms with E-state index in [0.717, 1.165) is 11.1 Å². The van der Waals surface area contributed by atoms with E-state index in [1.807, 2.05) is 44.2 Å². The van der Waals surface area contributed by atoms with Crippen LogP contribution in [0.2, 0.25) is 0 Å². The Hall–Kier alpha value is -1.24. The fourth-order valence-electron chi connectivity index (χ4n) is 1.71. The molecule has 0 saturated heterocycles. The van der Waals surface area contributed by atoms with E-state index in [-0.39, 0.29) is 5.92 Å². The molecule has 0 aliphatic heterocycles. The Balaban J connectivity index is 3.21. The first-order valence-electron chi connectivity index (χ1n) is 5.52. The smallest absolute Gasteiger partial charge is 0.0988 e. The summed E-state index contributed by atoms with van der Waals surface area (Å²) in [4.78, 5) is 0. The summed E-state index contributed by atoms with van der Waals surface area (Å²) in [6.45, 7) is 8.25. The van der Waals surface area contributed by atoms with E-state index in [0.29, 0.717) is 11.7 Å². The highest BCUT2D eigenvalue weighted by Crippen LogP contribution is 2.28. The van der Waals surface area contributed by atoms with Gasteiger partial charge in [-0.05, 0) is 17.1 Å². The maximum absolute atomic E-state index is 10.1. The monoisotopic (exact) mass is 204 g/mol. The van der Waals surface area contributed by atoms with Crippen LogP contribution in [0.25, 0.3) is 5.57 Å². The minimum Gasteiger partial charge on any atom is -0.512 e. The van der Waals surface area contributed by atoms with Gasteiger partial charge in [0.25, 0.3) is 0 Å². The number of rotatable bonds is 3. The molecule has 0 aliphatic carbocycles. The van der Waals surface area contributed by atoms with E-state index >= 15 is 0 Å².